The minimum Gasteiger partial charge on any atom is -0.327 e. The lowest BCUT2D eigenvalue weighted by atomic mass is 9.94. The molecule has 2 heteroatoms. The molecule has 1 fully saturated rings. The first-order chi connectivity index (χ1) is 4.22. The maximum atomic E-state index is 5.91. The molecule has 1 rings (SSSR count). The molecule has 2 unspecified atom stereocenters. The van der Waals surface area contributed by atoms with Gasteiger partial charge in [0.1, 0.15) is 0 Å². The zero-order valence-electron chi connectivity index (χ0n) is 6.13. The van der Waals surface area contributed by atoms with Gasteiger partial charge in [-0.2, -0.15) is 11.8 Å². The Morgan fingerprint density at radius 1 is 1.22 bits per heavy atom. The predicted octanol–water partition coefficient (Wildman–Crippen LogP) is 1.33. The maximum Gasteiger partial charge on any atom is 0.0106 e. The minimum absolute atomic E-state index is 0.450. The second kappa shape index (κ2) is 2.93. The molecule has 0 aromatic rings. The first kappa shape index (κ1) is 7.42. The number of hydrogen-bond donors (Lipinski definition) is 1. The molecule has 0 aromatic carbocycles. The van der Waals surface area contributed by atoms with Crippen LogP contribution in [0.5, 0.6) is 0 Å². The quantitative estimate of drug-likeness (QED) is 0.556. The topological polar surface area (TPSA) is 26.0 Å². The highest BCUT2D eigenvalue weighted by Gasteiger charge is 2.23. The number of thioether (sulfide) groups is 1. The molecule has 0 spiro atoms. The lowest BCUT2D eigenvalue weighted by molar-refractivity contribution is 0.384. The van der Waals surface area contributed by atoms with E-state index >= 15 is 0 Å². The van der Waals surface area contributed by atoms with E-state index in [-0.39, 0.29) is 0 Å². The molecule has 0 radical (unpaired) electrons. The summed E-state index contributed by atoms with van der Waals surface area (Å²) in [7, 11) is 0. The Morgan fingerprint density at radius 3 is 2.00 bits per heavy atom. The summed E-state index contributed by atoms with van der Waals surface area (Å²) >= 11 is 2.03. The van der Waals surface area contributed by atoms with Gasteiger partial charge in [0.25, 0.3) is 0 Å². The Morgan fingerprint density at radius 2 is 1.67 bits per heavy atom. The van der Waals surface area contributed by atoms with Crippen LogP contribution in [0.3, 0.4) is 0 Å². The van der Waals surface area contributed by atoms with Crippen molar-refractivity contribution in [3.8, 4) is 0 Å². The van der Waals surface area contributed by atoms with Crippen molar-refractivity contribution in [1.82, 2.24) is 0 Å². The van der Waals surface area contributed by atoms with Crippen LogP contribution in [-0.4, -0.2) is 17.5 Å². The van der Waals surface area contributed by atoms with Gasteiger partial charge in [-0.25, -0.2) is 0 Å². The summed E-state index contributed by atoms with van der Waals surface area (Å²) in [5, 5.41) is 0. The van der Waals surface area contributed by atoms with E-state index in [1.807, 2.05) is 11.8 Å². The number of rotatable bonds is 0. The van der Waals surface area contributed by atoms with Crippen LogP contribution in [0, 0.1) is 11.8 Å². The summed E-state index contributed by atoms with van der Waals surface area (Å²) in [6.07, 6.45) is 0. The molecule has 2 atom stereocenters. The summed E-state index contributed by atoms with van der Waals surface area (Å²) in [5.41, 5.74) is 5.91. The van der Waals surface area contributed by atoms with Gasteiger partial charge in [-0.3, -0.25) is 0 Å². The molecule has 1 aliphatic rings. The minimum atomic E-state index is 0.450. The highest BCUT2D eigenvalue weighted by molar-refractivity contribution is 7.99. The molecule has 0 amide bonds. The molecule has 0 aromatic heterocycles. The van der Waals surface area contributed by atoms with Crippen LogP contribution in [-0.2, 0) is 0 Å². The van der Waals surface area contributed by atoms with Gasteiger partial charge < -0.3 is 5.73 Å². The zero-order chi connectivity index (χ0) is 6.85. The van der Waals surface area contributed by atoms with E-state index in [0.717, 1.165) is 11.8 Å². The molecule has 1 aliphatic heterocycles. The van der Waals surface area contributed by atoms with E-state index in [1.165, 1.54) is 11.5 Å². The van der Waals surface area contributed by atoms with Crippen molar-refractivity contribution in [2.75, 3.05) is 11.5 Å². The van der Waals surface area contributed by atoms with Crippen LogP contribution >= 0.6 is 11.8 Å². The molecule has 2 N–H and O–H groups in total. The fourth-order valence-corrected chi connectivity index (χ4v) is 2.55. The van der Waals surface area contributed by atoms with Crippen molar-refractivity contribution >= 4 is 11.8 Å². The van der Waals surface area contributed by atoms with Gasteiger partial charge in [0.15, 0.2) is 0 Å². The summed E-state index contributed by atoms with van der Waals surface area (Å²) in [6, 6.07) is 0.450. The van der Waals surface area contributed by atoms with E-state index in [1.54, 1.807) is 0 Å². The molecule has 0 saturated carbocycles. The summed E-state index contributed by atoms with van der Waals surface area (Å²) in [6.45, 7) is 4.49. The molecule has 1 saturated heterocycles. The van der Waals surface area contributed by atoms with E-state index in [9.17, 15) is 0 Å². The predicted molar refractivity (Wildman–Crippen MR) is 43.6 cm³/mol. The summed E-state index contributed by atoms with van der Waals surface area (Å²) in [5.74, 6) is 3.95. The molecular formula is C7H15NS. The van der Waals surface area contributed by atoms with Crippen molar-refractivity contribution in [2.24, 2.45) is 17.6 Å². The van der Waals surface area contributed by atoms with Gasteiger partial charge in [0.2, 0.25) is 0 Å². The number of hydrogen-bond acceptors (Lipinski definition) is 2. The normalized spacial score (nSPS) is 45.0. The average Bonchev–Trinajstić information content (AvgIpc) is 1.83. The zero-order valence-corrected chi connectivity index (χ0v) is 6.95. The monoisotopic (exact) mass is 145 g/mol. The van der Waals surface area contributed by atoms with Gasteiger partial charge in [-0.15, -0.1) is 0 Å². The largest absolute Gasteiger partial charge is 0.327 e. The lowest BCUT2D eigenvalue weighted by Crippen LogP contribution is -2.40. The standard InChI is InChI=1S/C7H15NS/c1-5-3-9-4-6(2)7(5)8/h5-7H,3-4,8H2,1-2H3. The first-order valence-corrected chi connectivity index (χ1v) is 4.70. The van der Waals surface area contributed by atoms with E-state index in [2.05, 4.69) is 13.8 Å². The van der Waals surface area contributed by atoms with Crippen LogP contribution in [0.1, 0.15) is 13.8 Å². The Kier molecular flexibility index (Phi) is 2.42. The molecule has 0 bridgehead atoms. The Hall–Kier alpha value is 0.310. The SMILES string of the molecule is CC1CSCC(C)C1N. The molecule has 1 heterocycles. The Balaban J connectivity index is 2.41. The Bertz CT molecular complexity index is 84.9. The van der Waals surface area contributed by atoms with Gasteiger partial charge in [-0.1, -0.05) is 13.8 Å². The third-order valence-electron chi connectivity index (χ3n) is 2.08. The van der Waals surface area contributed by atoms with Gasteiger partial charge >= 0.3 is 0 Å². The Labute approximate surface area is 61.4 Å². The molecule has 0 aliphatic carbocycles. The molecule has 9 heavy (non-hydrogen) atoms. The van der Waals surface area contributed by atoms with Crippen LogP contribution in [0.25, 0.3) is 0 Å². The summed E-state index contributed by atoms with van der Waals surface area (Å²) < 4.78 is 0. The average molecular weight is 145 g/mol. The van der Waals surface area contributed by atoms with Crippen molar-refractivity contribution < 1.29 is 0 Å². The van der Waals surface area contributed by atoms with Crippen molar-refractivity contribution in [2.45, 2.75) is 19.9 Å². The van der Waals surface area contributed by atoms with Crippen molar-refractivity contribution in [3.63, 3.8) is 0 Å². The third-order valence-corrected chi connectivity index (χ3v) is 3.60. The van der Waals surface area contributed by atoms with Gasteiger partial charge in [-0.05, 0) is 23.3 Å². The first-order valence-electron chi connectivity index (χ1n) is 3.55. The van der Waals surface area contributed by atoms with Crippen LogP contribution in [0.4, 0.5) is 0 Å². The van der Waals surface area contributed by atoms with E-state index in [0.29, 0.717) is 6.04 Å². The van der Waals surface area contributed by atoms with Gasteiger partial charge in [0.05, 0.1) is 0 Å². The van der Waals surface area contributed by atoms with Crippen LogP contribution < -0.4 is 5.73 Å². The third kappa shape index (κ3) is 1.62. The summed E-state index contributed by atoms with van der Waals surface area (Å²) in [4.78, 5) is 0. The van der Waals surface area contributed by atoms with Crippen LogP contribution in [0.15, 0.2) is 0 Å². The molecule has 54 valence electrons. The highest BCUT2D eigenvalue weighted by atomic mass is 32.2. The van der Waals surface area contributed by atoms with Gasteiger partial charge in [0, 0.05) is 6.04 Å². The van der Waals surface area contributed by atoms with E-state index in [4.69, 9.17) is 5.73 Å². The van der Waals surface area contributed by atoms with Crippen molar-refractivity contribution in [1.29, 1.82) is 0 Å². The van der Waals surface area contributed by atoms with E-state index < -0.39 is 0 Å². The van der Waals surface area contributed by atoms with Crippen molar-refractivity contribution in [3.05, 3.63) is 0 Å². The smallest absolute Gasteiger partial charge is 0.0106 e. The molecule has 1 nitrogen and oxygen atoms in total. The maximum absolute atomic E-state index is 5.91. The molecular weight excluding hydrogens is 130 g/mol. The van der Waals surface area contributed by atoms with Crippen LogP contribution in [0.2, 0.25) is 0 Å². The highest BCUT2D eigenvalue weighted by Crippen LogP contribution is 2.25. The second-order valence-electron chi connectivity index (χ2n) is 3.07. The fourth-order valence-electron chi connectivity index (χ4n) is 1.22. The lowest BCUT2D eigenvalue weighted by Gasteiger charge is -2.30. The number of nitrogens with two attached hydrogens (primary N) is 1. The fraction of sp³-hybridized carbons (Fsp3) is 1.00. The second-order valence-corrected chi connectivity index (χ2v) is 4.14.